The average molecular weight is 472 g/mol. The smallest absolute Gasteiger partial charge is 0.275 e. The van der Waals surface area contributed by atoms with Crippen LogP contribution >= 0.6 is 11.3 Å². The summed E-state index contributed by atoms with van der Waals surface area (Å²) in [6.45, 7) is 3.88. The number of anilines is 1. The number of hydrogen-bond donors (Lipinski definition) is 1. The number of piperidine rings is 1. The van der Waals surface area contributed by atoms with E-state index < -0.39 is 0 Å². The highest BCUT2D eigenvalue weighted by Gasteiger charge is 2.27. The lowest BCUT2D eigenvalue weighted by Gasteiger charge is -2.30. The normalized spacial score (nSPS) is 14.5. The molecular weight excluding hydrogens is 442 g/mol. The predicted octanol–water partition coefficient (Wildman–Crippen LogP) is 2.65. The molecule has 1 N–H and O–H groups in total. The van der Waals surface area contributed by atoms with E-state index in [1.807, 2.05) is 18.2 Å². The Labute approximate surface area is 196 Å². The van der Waals surface area contributed by atoms with Crippen molar-refractivity contribution in [2.45, 2.75) is 39.2 Å². The highest BCUT2D eigenvalue weighted by molar-refractivity contribution is 7.20. The van der Waals surface area contributed by atoms with E-state index in [0.29, 0.717) is 36.1 Å². The molecule has 1 aliphatic heterocycles. The van der Waals surface area contributed by atoms with E-state index in [9.17, 15) is 9.59 Å². The molecule has 0 unspecified atom stereocenters. The van der Waals surface area contributed by atoms with Crippen LogP contribution < -0.4 is 25.2 Å². The van der Waals surface area contributed by atoms with Gasteiger partial charge in [-0.15, -0.1) is 5.10 Å². The van der Waals surface area contributed by atoms with E-state index in [1.54, 1.807) is 20.3 Å². The molecule has 1 amide bonds. The summed E-state index contributed by atoms with van der Waals surface area (Å²) < 4.78 is 12.0. The Morgan fingerprint density at radius 1 is 1.21 bits per heavy atom. The number of methoxy groups -OCH3 is 2. The number of nitrogens with zero attached hydrogens (tertiary/aromatic N) is 4. The summed E-state index contributed by atoms with van der Waals surface area (Å²) in [7, 11) is 3.21. The van der Waals surface area contributed by atoms with Crippen LogP contribution in [0.2, 0.25) is 0 Å². The second kappa shape index (κ2) is 10.2. The molecule has 176 valence electrons. The standard InChI is InChI=1S/C23H29N5O4S/c1-4-5-17-12-20(29)28-22(25-17)33-23(26-28)27-10-8-15(9-11-27)21(30)24-14-16-6-7-18(31-2)13-19(16)32-3/h6-7,12-13,15H,4-5,8-11,14H2,1-3H3,(H,24,30). The van der Waals surface area contributed by atoms with Crippen LogP contribution in [0.1, 0.15) is 37.4 Å². The molecule has 10 heteroatoms. The summed E-state index contributed by atoms with van der Waals surface area (Å²) in [6, 6.07) is 7.12. The van der Waals surface area contributed by atoms with E-state index in [1.165, 1.54) is 15.9 Å². The third-order valence-electron chi connectivity index (χ3n) is 5.88. The van der Waals surface area contributed by atoms with E-state index in [2.05, 4.69) is 27.2 Å². The number of ether oxygens (including phenoxy) is 2. The van der Waals surface area contributed by atoms with Gasteiger partial charge in [0.05, 0.1) is 14.2 Å². The minimum absolute atomic E-state index is 0.0407. The number of carbonyl (C=O) groups excluding carboxylic acids is 1. The van der Waals surface area contributed by atoms with Crippen molar-refractivity contribution in [1.29, 1.82) is 0 Å². The number of aryl methyl sites for hydroxylation is 1. The van der Waals surface area contributed by atoms with Gasteiger partial charge in [-0.05, 0) is 31.4 Å². The Morgan fingerprint density at radius 2 is 2.00 bits per heavy atom. The van der Waals surface area contributed by atoms with E-state index >= 15 is 0 Å². The maximum atomic E-state index is 12.8. The molecule has 0 spiro atoms. The SMILES string of the molecule is CCCc1cc(=O)n2nc(N3CCC(C(=O)NCc4ccc(OC)cc4OC)CC3)sc2n1. The van der Waals surface area contributed by atoms with Crippen LogP contribution in [0.25, 0.3) is 4.96 Å². The lowest BCUT2D eigenvalue weighted by atomic mass is 9.96. The van der Waals surface area contributed by atoms with Gasteiger partial charge in [-0.1, -0.05) is 24.7 Å². The summed E-state index contributed by atoms with van der Waals surface area (Å²) in [5.74, 6) is 1.38. The molecule has 0 aliphatic carbocycles. The van der Waals surface area contributed by atoms with Crippen molar-refractivity contribution in [3.63, 3.8) is 0 Å². The number of benzene rings is 1. The van der Waals surface area contributed by atoms with Gasteiger partial charge in [-0.3, -0.25) is 9.59 Å². The Hall–Kier alpha value is -3.14. The molecule has 1 fully saturated rings. The number of nitrogens with one attached hydrogen (secondary N) is 1. The van der Waals surface area contributed by atoms with Crippen LogP contribution in [0.5, 0.6) is 11.5 Å². The minimum Gasteiger partial charge on any atom is -0.497 e. The number of aromatic nitrogens is 3. The fourth-order valence-corrected chi connectivity index (χ4v) is 4.99. The third-order valence-corrected chi connectivity index (χ3v) is 6.85. The number of hydrogen-bond acceptors (Lipinski definition) is 8. The van der Waals surface area contributed by atoms with Crippen LogP contribution in [0, 0.1) is 5.92 Å². The molecule has 1 aliphatic rings. The molecule has 0 radical (unpaired) electrons. The van der Waals surface area contributed by atoms with Gasteiger partial charge in [0.25, 0.3) is 5.56 Å². The van der Waals surface area contributed by atoms with Crippen molar-refractivity contribution in [3.05, 3.63) is 45.9 Å². The van der Waals surface area contributed by atoms with E-state index in [0.717, 1.165) is 42.1 Å². The molecular formula is C23H29N5O4S. The number of amides is 1. The van der Waals surface area contributed by atoms with Crippen molar-refractivity contribution < 1.29 is 14.3 Å². The molecule has 0 atom stereocenters. The van der Waals surface area contributed by atoms with Crippen molar-refractivity contribution in [3.8, 4) is 11.5 Å². The topological polar surface area (TPSA) is 98.1 Å². The van der Waals surface area contributed by atoms with Crippen LogP contribution in [-0.4, -0.2) is 47.8 Å². The summed E-state index contributed by atoms with van der Waals surface area (Å²) >= 11 is 1.42. The second-order valence-corrected chi connectivity index (χ2v) is 9.01. The summed E-state index contributed by atoms with van der Waals surface area (Å²) in [5, 5.41) is 8.29. The maximum absolute atomic E-state index is 12.8. The molecule has 1 saturated heterocycles. The average Bonchev–Trinajstić information content (AvgIpc) is 3.27. The van der Waals surface area contributed by atoms with Gasteiger partial charge in [0.15, 0.2) is 0 Å². The molecule has 0 saturated carbocycles. The lowest BCUT2D eigenvalue weighted by molar-refractivity contribution is -0.125. The van der Waals surface area contributed by atoms with Gasteiger partial charge in [0, 0.05) is 48.9 Å². The number of carbonyl (C=O) groups is 1. The maximum Gasteiger partial charge on any atom is 0.275 e. The summed E-state index contributed by atoms with van der Waals surface area (Å²) in [4.78, 5) is 32.4. The highest BCUT2D eigenvalue weighted by Crippen LogP contribution is 2.28. The first-order valence-electron chi connectivity index (χ1n) is 11.2. The minimum atomic E-state index is -0.144. The van der Waals surface area contributed by atoms with E-state index in [-0.39, 0.29) is 17.4 Å². The molecule has 3 heterocycles. The Balaban J connectivity index is 1.35. The fraction of sp³-hybridized carbons (Fsp3) is 0.478. The number of rotatable bonds is 8. The number of fused-ring (bicyclic) bond motifs is 1. The van der Waals surface area contributed by atoms with Crippen molar-refractivity contribution in [2.75, 3.05) is 32.2 Å². The van der Waals surface area contributed by atoms with Crippen molar-refractivity contribution in [2.24, 2.45) is 5.92 Å². The molecule has 2 aromatic heterocycles. The van der Waals surface area contributed by atoms with Crippen LogP contribution in [-0.2, 0) is 17.8 Å². The zero-order valence-electron chi connectivity index (χ0n) is 19.2. The summed E-state index contributed by atoms with van der Waals surface area (Å²) in [6.07, 6.45) is 3.17. The summed E-state index contributed by atoms with van der Waals surface area (Å²) in [5.41, 5.74) is 1.56. The second-order valence-electron chi connectivity index (χ2n) is 8.07. The van der Waals surface area contributed by atoms with Gasteiger partial charge in [-0.25, -0.2) is 4.98 Å². The van der Waals surface area contributed by atoms with Gasteiger partial charge in [-0.2, -0.15) is 4.52 Å². The predicted molar refractivity (Wildman–Crippen MR) is 127 cm³/mol. The molecule has 9 nitrogen and oxygen atoms in total. The Bertz CT molecular complexity index is 1180. The fourth-order valence-electron chi connectivity index (χ4n) is 4.02. The van der Waals surface area contributed by atoms with Gasteiger partial charge < -0.3 is 19.7 Å². The van der Waals surface area contributed by atoms with Crippen LogP contribution in [0.4, 0.5) is 5.13 Å². The van der Waals surface area contributed by atoms with Gasteiger partial charge in [0.2, 0.25) is 16.0 Å². The molecule has 3 aromatic rings. The van der Waals surface area contributed by atoms with Gasteiger partial charge >= 0.3 is 0 Å². The first-order chi connectivity index (χ1) is 16.0. The third kappa shape index (κ3) is 5.11. The first kappa shape index (κ1) is 23.0. The zero-order chi connectivity index (χ0) is 23.4. The van der Waals surface area contributed by atoms with Crippen molar-refractivity contribution >= 4 is 27.3 Å². The quantitative estimate of drug-likeness (QED) is 0.539. The highest BCUT2D eigenvalue weighted by atomic mass is 32.1. The van der Waals surface area contributed by atoms with Crippen molar-refractivity contribution in [1.82, 2.24) is 19.9 Å². The first-order valence-corrected chi connectivity index (χ1v) is 12.0. The monoisotopic (exact) mass is 471 g/mol. The Morgan fingerprint density at radius 3 is 2.70 bits per heavy atom. The van der Waals surface area contributed by atoms with Crippen LogP contribution in [0.15, 0.2) is 29.1 Å². The molecule has 33 heavy (non-hydrogen) atoms. The Kier molecular flexibility index (Phi) is 7.12. The van der Waals surface area contributed by atoms with E-state index in [4.69, 9.17) is 9.47 Å². The zero-order valence-corrected chi connectivity index (χ0v) is 20.0. The molecule has 4 rings (SSSR count). The largest absolute Gasteiger partial charge is 0.497 e. The molecule has 1 aromatic carbocycles. The lowest BCUT2D eigenvalue weighted by Crippen LogP contribution is -2.40. The van der Waals surface area contributed by atoms with Crippen LogP contribution in [0.3, 0.4) is 0 Å². The van der Waals surface area contributed by atoms with Gasteiger partial charge in [0.1, 0.15) is 11.5 Å². The molecule has 0 bridgehead atoms.